The molecule has 9 heteroatoms. The van der Waals surface area contributed by atoms with E-state index in [4.69, 9.17) is 14.5 Å². The molecule has 2 aromatic carbocycles. The van der Waals surface area contributed by atoms with Gasteiger partial charge in [-0.05, 0) is 80.8 Å². The Bertz CT molecular complexity index is 1300. The van der Waals surface area contributed by atoms with Gasteiger partial charge in [-0.3, -0.25) is 0 Å². The number of aromatic nitrogens is 2. The Morgan fingerprint density at radius 3 is 2.29 bits per heavy atom. The summed E-state index contributed by atoms with van der Waals surface area (Å²) in [6.45, 7) is 9.88. The second-order valence-corrected chi connectivity index (χ2v) is 10.4. The van der Waals surface area contributed by atoms with Crippen LogP contribution in [0.5, 0.6) is 11.5 Å². The summed E-state index contributed by atoms with van der Waals surface area (Å²) in [7, 11) is -2.04. The number of rotatable bonds is 7. The van der Waals surface area contributed by atoms with Crippen molar-refractivity contribution >= 4 is 16.0 Å². The fourth-order valence-electron chi connectivity index (χ4n) is 4.44. The summed E-state index contributed by atoms with van der Waals surface area (Å²) in [6.07, 6.45) is 1.74. The monoisotopic (exact) mass is 496 g/mol. The first kappa shape index (κ1) is 24.9. The normalized spacial score (nSPS) is 14.7. The smallest absolute Gasteiger partial charge is 0.243 e. The van der Waals surface area contributed by atoms with Gasteiger partial charge in [0.1, 0.15) is 11.5 Å². The largest absolute Gasteiger partial charge is 0.496 e. The number of piperazine rings is 1. The van der Waals surface area contributed by atoms with Gasteiger partial charge in [-0.2, -0.15) is 4.31 Å². The van der Waals surface area contributed by atoms with Crippen LogP contribution in [0.2, 0.25) is 0 Å². The molecule has 0 amide bonds. The van der Waals surface area contributed by atoms with Gasteiger partial charge >= 0.3 is 0 Å². The maximum absolute atomic E-state index is 13.6. The minimum absolute atomic E-state index is 0.364. The molecule has 186 valence electrons. The predicted molar refractivity (Wildman–Crippen MR) is 137 cm³/mol. The predicted octanol–water partition coefficient (Wildman–Crippen LogP) is 3.99. The van der Waals surface area contributed by atoms with Gasteiger partial charge in [0.2, 0.25) is 16.0 Å². The van der Waals surface area contributed by atoms with Crippen LogP contribution in [0.4, 0.5) is 5.95 Å². The molecule has 0 radical (unpaired) electrons. The quantitative estimate of drug-likeness (QED) is 0.489. The fraction of sp³-hybridized carbons (Fsp3) is 0.385. The number of hydrogen-bond donors (Lipinski definition) is 0. The molecular weight excluding hydrogens is 464 g/mol. The first-order valence-electron chi connectivity index (χ1n) is 11.7. The Balaban J connectivity index is 1.50. The molecule has 0 bridgehead atoms. The van der Waals surface area contributed by atoms with E-state index in [2.05, 4.69) is 4.98 Å². The van der Waals surface area contributed by atoms with Crippen molar-refractivity contribution < 1.29 is 17.9 Å². The number of aryl methyl sites for hydroxylation is 1. The zero-order chi connectivity index (χ0) is 25.2. The van der Waals surface area contributed by atoms with Crippen LogP contribution in [-0.4, -0.2) is 62.6 Å². The number of sulfonamides is 1. The number of ether oxygens (including phenoxy) is 2. The summed E-state index contributed by atoms with van der Waals surface area (Å²) < 4.78 is 39.6. The summed E-state index contributed by atoms with van der Waals surface area (Å²) in [5, 5.41) is 0. The molecule has 1 aliphatic heterocycles. The lowest BCUT2D eigenvalue weighted by atomic mass is 10.1. The molecule has 0 aliphatic carbocycles. The maximum atomic E-state index is 13.6. The molecule has 8 nitrogen and oxygen atoms in total. The second-order valence-electron chi connectivity index (χ2n) is 8.57. The molecule has 1 aromatic heterocycles. The van der Waals surface area contributed by atoms with Gasteiger partial charge < -0.3 is 14.4 Å². The highest BCUT2D eigenvalue weighted by atomic mass is 32.2. The van der Waals surface area contributed by atoms with Crippen molar-refractivity contribution in [3.8, 4) is 22.8 Å². The van der Waals surface area contributed by atoms with Crippen LogP contribution >= 0.6 is 0 Å². The van der Waals surface area contributed by atoms with E-state index in [0.29, 0.717) is 54.9 Å². The average molecular weight is 497 g/mol. The molecular formula is C26H32N4O4S. The maximum Gasteiger partial charge on any atom is 0.243 e. The minimum Gasteiger partial charge on any atom is -0.496 e. The molecule has 0 atom stereocenters. The van der Waals surface area contributed by atoms with Crippen LogP contribution in [0.3, 0.4) is 0 Å². The van der Waals surface area contributed by atoms with Crippen LogP contribution < -0.4 is 14.4 Å². The molecule has 1 aliphatic rings. The van der Waals surface area contributed by atoms with E-state index >= 15 is 0 Å². The summed E-state index contributed by atoms with van der Waals surface area (Å²) >= 11 is 0. The van der Waals surface area contributed by atoms with Gasteiger partial charge in [-0.25, -0.2) is 18.4 Å². The Hall–Kier alpha value is -3.17. The zero-order valence-corrected chi connectivity index (χ0v) is 21.7. The van der Waals surface area contributed by atoms with Gasteiger partial charge in [0, 0.05) is 37.9 Å². The van der Waals surface area contributed by atoms with Gasteiger partial charge in [-0.15, -0.1) is 0 Å². The third-order valence-corrected chi connectivity index (χ3v) is 8.61. The molecule has 0 spiro atoms. The Morgan fingerprint density at radius 1 is 0.971 bits per heavy atom. The lowest BCUT2D eigenvalue weighted by Crippen LogP contribution is -2.49. The van der Waals surface area contributed by atoms with E-state index in [9.17, 15) is 8.42 Å². The highest BCUT2D eigenvalue weighted by Gasteiger charge is 2.32. The molecule has 0 saturated carbocycles. The number of methoxy groups -OCH3 is 1. The first-order valence-corrected chi connectivity index (χ1v) is 13.2. The third kappa shape index (κ3) is 4.97. The summed E-state index contributed by atoms with van der Waals surface area (Å²) in [5.74, 6) is 2.12. The summed E-state index contributed by atoms with van der Waals surface area (Å²) in [6, 6.07) is 11.5. The van der Waals surface area contributed by atoms with Gasteiger partial charge in [0.25, 0.3) is 0 Å². The second kappa shape index (κ2) is 10.2. The number of nitrogens with zero attached hydrogens (tertiary/aromatic N) is 4. The Morgan fingerprint density at radius 2 is 1.66 bits per heavy atom. The van der Waals surface area contributed by atoms with E-state index in [1.165, 1.54) is 0 Å². The Kier molecular flexibility index (Phi) is 7.28. The van der Waals surface area contributed by atoms with E-state index in [1.807, 2.05) is 62.9 Å². The lowest BCUT2D eigenvalue weighted by Gasteiger charge is -2.34. The van der Waals surface area contributed by atoms with Crippen LogP contribution in [0.25, 0.3) is 11.3 Å². The molecule has 3 aromatic rings. The van der Waals surface area contributed by atoms with Gasteiger partial charge in [0.05, 0.1) is 24.3 Å². The van der Waals surface area contributed by atoms with Crippen LogP contribution in [-0.2, 0) is 10.0 Å². The van der Waals surface area contributed by atoms with Crippen molar-refractivity contribution in [1.29, 1.82) is 0 Å². The van der Waals surface area contributed by atoms with Crippen molar-refractivity contribution in [3.63, 3.8) is 0 Å². The zero-order valence-electron chi connectivity index (χ0n) is 20.9. The minimum atomic E-state index is -3.64. The first-order chi connectivity index (χ1) is 16.8. The van der Waals surface area contributed by atoms with E-state index in [0.717, 1.165) is 28.1 Å². The van der Waals surface area contributed by atoms with Gasteiger partial charge in [-0.1, -0.05) is 0 Å². The topological polar surface area (TPSA) is 84.9 Å². The van der Waals surface area contributed by atoms with Crippen molar-refractivity contribution in [2.24, 2.45) is 0 Å². The number of hydrogen-bond acceptors (Lipinski definition) is 7. The lowest BCUT2D eigenvalue weighted by molar-refractivity contribution is 0.340. The summed E-state index contributed by atoms with van der Waals surface area (Å²) in [4.78, 5) is 11.6. The number of anilines is 1. The molecule has 35 heavy (non-hydrogen) atoms. The fourth-order valence-corrected chi connectivity index (χ4v) is 6.35. The molecule has 4 rings (SSSR count). The van der Waals surface area contributed by atoms with E-state index < -0.39 is 10.0 Å². The van der Waals surface area contributed by atoms with Gasteiger partial charge in [0.15, 0.2) is 0 Å². The van der Waals surface area contributed by atoms with Crippen molar-refractivity contribution in [2.45, 2.75) is 32.6 Å². The summed E-state index contributed by atoms with van der Waals surface area (Å²) in [5.41, 5.74) is 4.05. The van der Waals surface area contributed by atoms with E-state index in [-0.39, 0.29) is 0 Å². The highest BCUT2D eigenvalue weighted by molar-refractivity contribution is 7.89. The average Bonchev–Trinajstić information content (AvgIpc) is 2.87. The van der Waals surface area contributed by atoms with Crippen LogP contribution in [0.1, 0.15) is 23.6 Å². The molecule has 2 heterocycles. The standard InChI is InChI=1S/C26H32N4O4S/c1-6-34-22-9-7-21(8-10-22)23-11-12-27-26(28-23)29-13-15-30(16-14-29)35(31,32)25-18(2)17-24(33-5)19(3)20(25)4/h7-12,17H,6,13-16H2,1-5H3. The van der Waals surface area contributed by atoms with E-state index in [1.54, 1.807) is 23.7 Å². The Labute approximate surface area is 207 Å². The molecule has 1 fully saturated rings. The van der Waals surface area contributed by atoms with Crippen molar-refractivity contribution in [3.05, 3.63) is 59.3 Å². The van der Waals surface area contributed by atoms with Crippen molar-refractivity contribution in [1.82, 2.24) is 14.3 Å². The SMILES string of the molecule is CCOc1ccc(-c2ccnc(N3CCN(S(=O)(=O)c4c(C)cc(OC)c(C)c4C)CC3)n2)cc1. The van der Waals surface area contributed by atoms with Crippen LogP contribution in [0, 0.1) is 20.8 Å². The molecule has 1 saturated heterocycles. The van der Waals surface area contributed by atoms with Crippen molar-refractivity contribution in [2.75, 3.05) is 44.8 Å². The third-order valence-electron chi connectivity index (χ3n) is 6.42. The molecule has 0 N–H and O–H groups in total. The number of benzene rings is 2. The van der Waals surface area contributed by atoms with Crippen LogP contribution in [0.15, 0.2) is 47.5 Å². The highest BCUT2D eigenvalue weighted by Crippen LogP contribution is 2.33. The molecule has 0 unspecified atom stereocenters.